The molecule has 0 unspecified atom stereocenters. The van der Waals surface area contributed by atoms with Crippen molar-refractivity contribution in [3.05, 3.63) is 60.2 Å². The Morgan fingerprint density at radius 2 is 1.62 bits per heavy atom. The van der Waals surface area contributed by atoms with Gasteiger partial charge in [-0.25, -0.2) is 0 Å². The molecule has 2 aromatic rings. The van der Waals surface area contributed by atoms with Gasteiger partial charge < -0.3 is 0 Å². The van der Waals surface area contributed by atoms with Crippen LogP contribution in [0.5, 0.6) is 5.75 Å². The second kappa shape index (κ2) is 5.74. The molecule has 2 heteroatoms. The first kappa shape index (κ1) is 11.3. The second-order valence-electron chi connectivity index (χ2n) is 3.45. The van der Waals surface area contributed by atoms with Gasteiger partial charge in [-0.15, -0.1) is 0 Å². The molecule has 0 saturated heterocycles. The first-order valence-electron chi connectivity index (χ1n) is 5.19. The van der Waals surface area contributed by atoms with Crippen LogP contribution < -0.4 is 9.20 Å². The second-order valence-corrected chi connectivity index (χ2v) is 5.65. The summed E-state index contributed by atoms with van der Waals surface area (Å²) >= 11 is 0.508. The molecule has 0 N–H and O–H groups in total. The number of benzene rings is 2. The minimum absolute atomic E-state index is 0.508. The van der Waals surface area contributed by atoms with Gasteiger partial charge in [0.05, 0.1) is 0 Å². The van der Waals surface area contributed by atoms with E-state index >= 15 is 0 Å². The molecule has 16 heavy (non-hydrogen) atoms. The molecule has 1 nitrogen and oxygen atoms in total. The summed E-state index contributed by atoms with van der Waals surface area (Å²) < 4.78 is 6.55. The third-order valence-electron chi connectivity index (χ3n) is 2.31. The molecule has 0 saturated carbocycles. The van der Waals surface area contributed by atoms with Gasteiger partial charge in [-0.2, -0.15) is 0 Å². The average molecular weight is 277 g/mol. The molecule has 2 aromatic carbocycles. The molecular weight excluding hydrogens is 263 g/mol. The third kappa shape index (κ3) is 3.13. The molecule has 0 aromatic heterocycles. The van der Waals surface area contributed by atoms with E-state index in [1.807, 2.05) is 12.1 Å². The van der Waals surface area contributed by atoms with Gasteiger partial charge >= 0.3 is 102 Å². The Balaban J connectivity index is 1.94. The zero-order valence-electron chi connectivity index (χ0n) is 9.22. The topological polar surface area (TPSA) is 9.23 Å². The van der Waals surface area contributed by atoms with Crippen LogP contribution in [0, 0.1) is 0 Å². The van der Waals surface area contributed by atoms with E-state index in [2.05, 4.69) is 42.5 Å². The Hall–Kier alpha value is -1.24. The first-order valence-corrected chi connectivity index (χ1v) is 7.26. The van der Waals surface area contributed by atoms with Gasteiger partial charge in [0.1, 0.15) is 0 Å². The fourth-order valence-corrected chi connectivity index (χ4v) is 3.21. The van der Waals surface area contributed by atoms with Crippen molar-refractivity contribution >= 4 is 19.4 Å². The Labute approximate surface area is 103 Å². The molecule has 0 aliphatic rings. The molecule has 2 rings (SSSR count). The third-order valence-corrected chi connectivity index (χ3v) is 4.58. The molecule has 0 bridgehead atoms. The Morgan fingerprint density at radius 3 is 2.25 bits per heavy atom. The van der Waals surface area contributed by atoms with Crippen molar-refractivity contribution in [2.45, 2.75) is 5.32 Å². The summed E-state index contributed by atoms with van der Waals surface area (Å²) in [6, 6.07) is 19.0. The monoisotopic (exact) mass is 278 g/mol. The summed E-state index contributed by atoms with van der Waals surface area (Å²) in [5, 5.41) is 1.15. The van der Waals surface area contributed by atoms with E-state index in [4.69, 9.17) is 4.74 Å². The van der Waals surface area contributed by atoms with Crippen LogP contribution in [0.4, 0.5) is 0 Å². The van der Waals surface area contributed by atoms with Crippen LogP contribution in [-0.2, 0) is 5.32 Å². The van der Waals surface area contributed by atoms with Crippen LogP contribution in [0.25, 0.3) is 0 Å². The summed E-state index contributed by atoms with van der Waals surface area (Å²) in [5.74, 6) is 0.930. The van der Waals surface area contributed by atoms with Gasteiger partial charge in [-0.3, -0.25) is 0 Å². The van der Waals surface area contributed by atoms with E-state index in [9.17, 15) is 0 Å². The van der Waals surface area contributed by atoms with E-state index in [0.717, 1.165) is 11.1 Å². The standard InChI is InChI=1S/C14H14OSe/c1-15-13-7-9-14(10-8-13)16-11-12-5-3-2-4-6-12/h2-10H,11H2,1H3. The maximum atomic E-state index is 5.14. The van der Waals surface area contributed by atoms with Gasteiger partial charge in [0.15, 0.2) is 0 Å². The molecule has 0 heterocycles. The van der Waals surface area contributed by atoms with Crippen LogP contribution in [0.15, 0.2) is 54.6 Å². The van der Waals surface area contributed by atoms with Crippen molar-refractivity contribution in [1.29, 1.82) is 0 Å². The quantitative estimate of drug-likeness (QED) is 0.779. The zero-order valence-corrected chi connectivity index (χ0v) is 10.9. The van der Waals surface area contributed by atoms with E-state index in [0.29, 0.717) is 15.0 Å². The number of methoxy groups -OCH3 is 1. The van der Waals surface area contributed by atoms with E-state index < -0.39 is 0 Å². The van der Waals surface area contributed by atoms with Gasteiger partial charge in [0.25, 0.3) is 0 Å². The van der Waals surface area contributed by atoms with Crippen molar-refractivity contribution in [1.82, 2.24) is 0 Å². The van der Waals surface area contributed by atoms with Gasteiger partial charge in [-0.1, -0.05) is 0 Å². The van der Waals surface area contributed by atoms with Crippen molar-refractivity contribution in [3.8, 4) is 5.75 Å². The first-order chi connectivity index (χ1) is 7.88. The predicted octanol–water partition coefficient (Wildman–Crippen LogP) is 2.22. The fourth-order valence-electron chi connectivity index (χ4n) is 1.41. The molecule has 0 aliphatic carbocycles. The van der Waals surface area contributed by atoms with Crippen molar-refractivity contribution in [2.75, 3.05) is 7.11 Å². The van der Waals surface area contributed by atoms with Crippen LogP contribution in [0.2, 0.25) is 0 Å². The predicted molar refractivity (Wildman–Crippen MR) is 68.5 cm³/mol. The molecule has 0 atom stereocenters. The number of ether oxygens (including phenoxy) is 1. The molecule has 0 aliphatic heterocycles. The van der Waals surface area contributed by atoms with Crippen molar-refractivity contribution in [2.24, 2.45) is 0 Å². The van der Waals surface area contributed by atoms with Gasteiger partial charge in [0.2, 0.25) is 0 Å². The van der Waals surface area contributed by atoms with E-state index in [1.54, 1.807) is 7.11 Å². The fraction of sp³-hybridized carbons (Fsp3) is 0.143. The molecule has 0 spiro atoms. The molecule has 0 fully saturated rings. The number of hydrogen-bond donors (Lipinski definition) is 0. The number of rotatable bonds is 4. The molecule has 0 amide bonds. The summed E-state index contributed by atoms with van der Waals surface area (Å²) in [4.78, 5) is 0. The number of hydrogen-bond acceptors (Lipinski definition) is 1. The van der Waals surface area contributed by atoms with E-state index in [-0.39, 0.29) is 0 Å². The summed E-state index contributed by atoms with van der Waals surface area (Å²) in [6.45, 7) is 0. The normalized spacial score (nSPS) is 10.1. The van der Waals surface area contributed by atoms with Crippen molar-refractivity contribution in [3.63, 3.8) is 0 Å². The summed E-state index contributed by atoms with van der Waals surface area (Å²) in [7, 11) is 1.70. The van der Waals surface area contributed by atoms with Crippen LogP contribution in [0.1, 0.15) is 5.56 Å². The zero-order chi connectivity index (χ0) is 11.2. The minimum atomic E-state index is 0.508. The summed E-state index contributed by atoms with van der Waals surface area (Å²) in [5.41, 5.74) is 1.42. The van der Waals surface area contributed by atoms with Gasteiger partial charge in [0, 0.05) is 0 Å². The molecule has 82 valence electrons. The van der Waals surface area contributed by atoms with Gasteiger partial charge in [-0.05, 0) is 0 Å². The Morgan fingerprint density at radius 1 is 0.938 bits per heavy atom. The van der Waals surface area contributed by atoms with Crippen LogP contribution >= 0.6 is 0 Å². The molecular formula is C14H14OSe. The average Bonchev–Trinajstić information content (AvgIpc) is 2.38. The maximum absolute atomic E-state index is 5.14. The van der Waals surface area contributed by atoms with E-state index in [1.165, 1.54) is 10.0 Å². The molecule has 0 radical (unpaired) electrons. The van der Waals surface area contributed by atoms with Crippen LogP contribution in [0.3, 0.4) is 0 Å². The van der Waals surface area contributed by atoms with Crippen molar-refractivity contribution < 1.29 is 4.74 Å². The Kier molecular flexibility index (Phi) is 4.03. The SMILES string of the molecule is COc1ccc([Se]Cc2ccccc2)cc1. The van der Waals surface area contributed by atoms with Crippen LogP contribution in [-0.4, -0.2) is 22.1 Å². The Bertz CT molecular complexity index is 422. The summed E-state index contributed by atoms with van der Waals surface area (Å²) in [6.07, 6.45) is 0.